The molecule has 2 aromatic carbocycles. The van der Waals surface area contributed by atoms with Crippen LogP contribution in [0.5, 0.6) is 11.5 Å². The highest BCUT2D eigenvalue weighted by Crippen LogP contribution is 2.29. The number of methoxy groups -OCH3 is 2. The SMILES string of the molecule is COc1cccc(OC)c1C(=O)Nc1ccccc1C#N. The number of hydrogen-bond donors (Lipinski definition) is 1. The summed E-state index contributed by atoms with van der Waals surface area (Å²) in [6.07, 6.45) is 0. The van der Waals surface area contributed by atoms with Crippen LogP contribution in [-0.4, -0.2) is 20.1 Å². The molecule has 0 aliphatic rings. The molecule has 0 radical (unpaired) electrons. The van der Waals surface area contributed by atoms with Gasteiger partial charge in [0, 0.05) is 0 Å². The minimum atomic E-state index is -0.396. The van der Waals surface area contributed by atoms with Crippen molar-refractivity contribution in [3.8, 4) is 17.6 Å². The summed E-state index contributed by atoms with van der Waals surface area (Å²) in [5, 5.41) is 11.8. The van der Waals surface area contributed by atoms with E-state index >= 15 is 0 Å². The van der Waals surface area contributed by atoms with Gasteiger partial charge in [-0.1, -0.05) is 18.2 Å². The predicted molar refractivity (Wildman–Crippen MR) is 78.7 cm³/mol. The predicted octanol–water partition coefficient (Wildman–Crippen LogP) is 2.83. The highest BCUT2D eigenvalue weighted by atomic mass is 16.5. The summed E-state index contributed by atoms with van der Waals surface area (Å²) in [5.41, 5.74) is 1.12. The molecule has 0 aliphatic heterocycles. The lowest BCUT2D eigenvalue weighted by Crippen LogP contribution is -2.15. The number of rotatable bonds is 4. The third-order valence-electron chi connectivity index (χ3n) is 2.95. The largest absolute Gasteiger partial charge is 0.496 e. The molecule has 0 atom stereocenters. The minimum absolute atomic E-state index is 0.287. The van der Waals surface area contributed by atoms with E-state index in [2.05, 4.69) is 5.32 Å². The van der Waals surface area contributed by atoms with E-state index in [1.54, 1.807) is 42.5 Å². The average Bonchev–Trinajstić information content (AvgIpc) is 2.54. The monoisotopic (exact) mass is 282 g/mol. The first-order chi connectivity index (χ1) is 10.2. The molecule has 0 saturated carbocycles. The van der Waals surface area contributed by atoms with Crippen LogP contribution in [0.4, 0.5) is 5.69 Å². The smallest absolute Gasteiger partial charge is 0.263 e. The maximum Gasteiger partial charge on any atom is 0.263 e. The molecular weight excluding hydrogens is 268 g/mol. The lowest BCUT2D eigenvalue weighted by molar-refractivity contribution is 0.102. The fourth-order valence-electron chi connectivity index (χ4n) is 1.95. The van der Waals surface area contributed by atoms with Crippen molar-refractivity contribution in [2.45, 2.75) is 0 Å². The van der Waals surface area contributed by atoms with E-state index in [0.717, 1.165) is 0 Å². The van der Waals surface area contributed by atoms with Crippen LogP contribution in [0.1, 0.15) is 15.9 Å². The first kappa shape index (κ1) is 14.4. The molecule has 5 heteroatoms. The van der Waals surface area contributed by atoms with Gasteiger partial charge in [-0.25, -0.2) is 0 Å². The number of para-hydroxylation sites is 1. The Morgan fingerprint density at radius 1 is 1.05 bits per heavy atom. The van der Waals surface area contributed by atoms with E-state index in [0.29, 0.717) is 22.7 Å². The van der Waals surface area contributed by atoms with Gasteiger partial charge < -0.3 is 14.8 Å². The van der Waals surface area contributed by atoms with Crippen molar-refractivity contribution in [2.24, 2.45) is 0 Å². The van der Waals surface area contributed by atoms with Crippen molar-refractivity contribution in [3.63, 3.8) is 0 Å². The van der Waals surface area contributed by atoms with Gasteiger partial charge in [0.15, 0.2) is 0 Å². The van der Waals surface area contributed by atoms with E-state index in [-0.39, 0.29) is 5.56 Å². The Hall–Kier alpha value is -3.00. The van der Waals surface area contributed by atoms with Crippen LogP contribution in [0.3, 0.4) is 0 Å². The number of benzene rings is 2. The van der Waals surface area contributed by atoms with Crippen LogP contribution in [0, 0.1) is 11.3 Å². The van der Waals surface area contributed by atoms with Crippen LogP contribution in [0.2, 0.25) is 0 Å². The Kier molecular flexibility index (Phi) is 4.42. The number of carbonyl (C=O) groups excluding carboxylic acids is 1. The van der Waals surface area contributed by atoms with E-state index < -0.39 is 5.91 Å². The molecule has 106 valence electrons. The second-order valence-corrected chi connectivity index (χ2v) is 4.15. The van der Waals surface area contributed by atoms with Gasteiger partial charge in [-0.2, -0.15) is 5.26 Å². The van der Waals surface area contributed by atoms with Gasteiger partial charge >= 0.3 is 0 Å². The summed E-state index contributed by atoms with van der Waals surface area (Å²) in [7, 11) is 2.96. The van der Waals surface area contributed by atoms with Crippen molar-refractivity contribution in [1.82, 2.24) is 0 Å². The summed E-state index contributed by atoms with van der Waals surface area (Å²) in [5.74, 6) is 0.412. The molecule has 0 fully saturated rings. The molecule has 0 bridgehead atoms. The highest BCUT2D eigenvalue weighted by Gasteiger charge is 2.19. The van der Waals surface area contributed by atoms with Gasteiger partial charge in [-0.15, -0.1) is 0 Å². The molecule has 0 spiro atoms. The molecule has 2 aromatic rings. The van der Waals surface area contributed by atoms with Gasteiger partial charge in [-0.05, 0) is 24.3 Å². The van der Waals surface area contributed by atoms with Gasteiger partial charge in [0.2, 0.25) is 0 Å². The van der Waals surface area contributed by atoms with E-state index in [1.165, 1.54) is 14.2 Å². The Labute approximate surface area is 122 Å². The zero-order chi connectivity index (χ0) is 15.2. The lowest BCUT2D eigenvalue weighted by atomic mass is 10.1. The standard InChI is InChI=1S/C16H14N2O3/c1-20-13-8-5-9-14(21-2)15(13)16(19)18-12-7-4-3-6-11(12)10-17/h3-9H,1-2H3,(H,18,19). The minimum Gasteiger partial charge on any atom is -0.496 e. The van der Waals surface area contributed by atoms with Crippen molar-refractivity contribution in [1.29, 1.82) is 5.26 Å². The van der Waals surface area contributed by atoms with Crippen LogP contribution >= 0.6 is 0 Å². The number of hydrogen-bond acceptors (Lipinski definition) is 4. The Balaban J connectivity index is 2.39. The average molecular weight is 282 g/mol. The molecule has 0 saturated heterocycles. The first-order valence-electron chi connectivity index (χ1n) is 6.22. The molecule has 1 N–H and O–H groups in total. The zero-order valence-electron chi connectivity index (χ0n) is 11.7. The molecule has 0 unspecified atom stereocenters. The molecule has 2 rings (SSSR count). The second-order valence-electron chi connectivity index (χ2n) is 4.15. The zero-order valence-corrected chi connectivity index (χ0v) is 11.7. The van der Waals surface area contributed by atoms with E-state index in [1.807, 2.05) is 6.07 Å². The van der Waals surface area contributed by atoms with Crippen molar-refractivity contribution < 1.29 is 14.3 Å². The molecule has 21 heavy (non-hydrogen) atoms. The number of ether oxygens (including phenoxy) is 2. The van der Waals surface area contributed by atoms with Crippen LogP contribution in [0.25, 0.3) is 0 Å². The number of nitrogens with zero attached hydrogens (tertiary/aromatic N) is 1. The highest BCUT2D eigenvalue weighted by molar-refractivity contribution is 6.08. The lowest BCUT2D eigenvalue weighted by Gasteiger charge is -2.13. The first-order valence-corrected chi connectivity index (χ1v) is 6.22. The Bertz CT molecular complexity index is 683. The summed E-state index contributed by atoms with van der Waals surface area (Å²) in [6, 6.07) is 13.9. The van der Waals surface area contributed by atoms with E-state index in [4.69, 9.17) is 14.7 Å². The number of nitriles is 1. The van der Waals surface area contributed by atoms with Gasteiger partial charge in [0.05, 0.1) is 25.5 Å². The summed E-state index contributed by atoms with van der Waals surface area (Å²) >= 11 is 0. The Morgan fingerprint density at radius 2 is 1.67 bits per heavy atom. The molecule has 5 nitrogen and oxygen atoms in total. The molecule has 0 aromatic heterocycles. The molecule has 1 amide bonds. The second kappa shape index (κ2) is 6.44. The number of carbonyl (C=O) groups is 1. The van der Waals surface area contributed by atoms with Gasteiger partial charge in [0.1, 0.15) is 23.1 Å². The number of nitrogens with one attached hydrogen (secondary N) is 1. The van der Waals surface area contributed by atoms with Crippen molar-refractivity contribution in [2.75, 3.05) is 19.5 Å². The van der Waals surface area contributed by atoms with Crippen LogP contribution in [-0.2, 0) is 0 Å². The van der Waals surface area contributed by atoms with Crippen LogP contribution in [0.15, 0.2) is 42.5 Å². The Morgan fingerprint density at radius 3 is 2.24 bits per heavy atom. The molecular formula is C16H14N2O3. The van der Waals surface area contributed by atoms with Crippen molar-refractivity contribution >= 4 is 11.6 Å². The summed E-state index contributed by atoms with van der Waals surface area (Å²) in [6.45, 7) is 0. The molecule has 0 aliphatic carbocycles. The van der Waals surface area contributed by atoms with Gasteiger partial charge in [0.25, 0.3) is 5.91 Å². The van der Waals surface area contributed by atoms with Crippen molar-refractivity contribution in [3.05, 3.63) is 53.6 Å². The fourth-order valence-corrected chi connectivity index (χ4v) is 1.95. The number of amides is 1. The quantitative estimate of drug-likeness (QED) is 0.936. The van der Waals surface area contributed by atoms with Crippen LogP contribution < -0.4 is 14.8 Å². The maximum atomic E-state index is 12.5. The third-order valence-corrected chi connectivity index (χ3v) is 2.95. The summed E-state index contributed by atoms with van der Waals surface area (Å²) in [4.78, 5) is 12.5. The summed E-state index contributed by atoms with van der Waals surface area (Å²) < 4.78 is 10.4. The normalized spacial score (nSPS) is 9.57. The molecule has 0 heterocycles. The number of anilines is 1. The van der Waals surface area contributed by atoms with Gasteiger partial charge in [-0.3, -0.25) is 4.79 Å². The van der Waals surface area contributed by atoms with E-state index in [9.17, 15) is 4.79 Å². The maximum absolute atomic E-state index is 12.5. The third kappa shape index (κ3) is 2.95. The fraction of sp³-hybridized carbons (Fsp3) is 0.125. The topological polar surface area (TPSA) is 71.3 Å².